The van der Waals surface area contributed by atoms with E-state index in [1.54, 1.807) is 6.20 Å². The molecule has 3 aromatic heterocycles. The first kappa shape index (κ1) is 14.1. The van der Waals surface area contributed by atoms with Crippen molar-refractivity contribution in [3.8, 4) is 28.9 Å². The minimum Gasteiger partial charge on any atom is -0.413 e. The number of hydrogen-bond acceptors (Lipinski definition) is 5. The fourth-order valence-electron chi connectivity index (χ4n) is 2.82. The number of aromatic nitrogens is 5. The molecule has 25 heavy (non-hydrogen) atoms. The summed E-state index contributed by atoms with van der Waals surface area (Å²) in [6.07, 6.45) is 4.08. The van der Waals surface area contributed by atoms with Gasteiger partial charge < -0.3 is 4.42 Å². The van der Waals surface area contributed by atoms with Crippen molar-refractivity contribution in [2.24, 2.45) is 0 Å². The normalized spacial score (nSPS) is 13.9. The van der Waals surface area contributed by atoms with E-state index in [9.17, 15) is 0 Å². The largest absolute Gasteiger partial charge is 0.413 e. The lowest BCUT2D eigenvalue weighted by atomic mass is 10.2. The lowest BCUT2D eigenvalue weighted by molar-refractivity contribution is 0.576. The summed E-state index contributed by atoms with van der Waals surface area (Å²) in [6.45, 7) is 0. The Hall–Kier alpha value is -3.28. The first-order valence-corrected chi connectivity index (χ1v) is 8.29. The van der Waals surface area contributed by atoms with Crippen molar-refractivity contribution in [1.82, 2.24) is 25.0 Å². The van der Waals surface area contributed by atoms with Crippen LogP contribution in [0.1, 0.15) is 24.5 Å². The Balaban J connectivity index is 1.61. The molecular formula is C19H15N5O. The van der Waals surface area contributed by atoms with E-state index in [0.29, 0.717) is 23.4 Å². The van der Waals surface area contributed by atoms with Gasteiger partial charge in [-0.1, -0.05) is 24.3 Å². The van der Waals surface area contributed by atoms with Gasteiger partial charge in [0, 0.05) is 12.1 Å². The van der Waals surface area contributed by atoms with Crippen LogP contribution in [0.4, 0.5) is 0 Å². The lowest BCUT2D eigenvalue weighted by Gasteiger charge is -2.03. The number of rotatable bonds is 4. The number of benzene rings is 1. The summed E-state index contributed by atoms with van der Waals surface area (Å²) in [7, 11) is 0. The van der Waals surface area contributed by atoms with Gasteiger partial charge in [0.2, 0.25) is 0 Å². The molecule has 122 valence electrons. The molecular weight excluding hydrogens is 314 g/mol. The fourth-order valence-corrected chi connectivity index (χ4v) is 2.82. The van der Waals surface area contributed by atoms with Crippen LogP contribution in [-0.2, 0) is 0 Å². The Bertz CT molecular complexity index is 1000. The number of pyridine rings is 1. The average molecular weight is 329 g/mol. The lowest BCUT2D eigenvalue weighted by Crippen LogP contribution is -1.99. The van der Waals surface area contributed by atoms with Crippen molar-refractivity contribution >= 4 is 0 Å². The van der Waals surface area contributed by atoms with E-state index in [0.717, 1.165) is 17.1 Å². The second-order valence-corrected chi connectivity index (χ2v) is 6.10. The summed E-state index contributed by atoms with van der Waals surface area (Å²) in [5.41, 5.74) is 3.52. The van der Waals surface area contributed by atoms with Gasteiger partial charge in [-0.15, -0.1) is 10.2 Å². The zero-order valence-electron chi connectivity index (χ0n) is 13.4. The van der Waals surface area contributed by atoms with Crippen molar-refractivity contribution in [2.75, 3.05) is 0 Å². The first-order valence-electron chi connectivity index (χ1n) is 8.29. The van der Waals surface area contributed by atoms with Crippen LogP contribution in [0.25, 0.3) is 28.9 Å². The topological polar surface area (TPSA) is 69.6 Å². The molecule has 0 unspecified atom stereocenters. The van der Waals surface area contributed by atoms with E-state index in [4.69, 9.17) is 9.52 Å². The van der Waals surface area contributed by atoms with Crippen LogP contribution in [0.3, 0.4) is 0 Å². The molecule has 6 nitrogen and oxygen atoms in total. The Morgan fingerprint density at radius 2 is 1.72 bits per heavy atom. The third kappa shape index (κ3) is 2.61. The molecule has 0 spiro atoms. The minimum absolute atomic E-state index is 0.407. The highest BCUT2D eigenvalue weighted by Gasteiger charge is 2.29. The van der Waals surface area contributed by atoms with Gasteiger partial charge in [0.25, 0.3) is 11.8 Å². The molecule has 1 aromatic carbocycles. The summed E-state index contributed by atoms with van der Waals surface area (Å²) in [6, 6.07) is 17.7. The molecule has 1 fully saturated rings. The number of hydrogen-bond donors (Lipinski definition) is 0. The molecule has 0 radical (unpaired) electrons. The summed E-state index contributed by atoms with van der Waals surface area (Å²) >= 11 is 0. The zero-order valence-corrected chi connectivity index (χ0v) is 13.4. The van der Waals surface area contributed by atoms with Crippen LogP contribution in [0.5, 0.6) is 0 Å². The van der Waals surface area contributed by atoms with E-state index in [1.807, 2.05) is 53.2 Å². The highest BCUT2D eigenvalue weighted by Crippen LogP contribution is 2.41. The van der Waals surface area contributed by atoms with Gasteiger partial charge in [-0.25, -0.2) is 4.68 Å². The first-order chi connectivity index (χ1) is 12.4. The monoisotopic (exact) mass is 329 g/mol. The third-order valence-corrected chi connectivity index (χ3v) is 4.25. The van der Waals surface area contributed by atoms with Crippen molar-refractivity contribution < 1.29 is 4.42 Å². The quantitative estimate of drug-likeness (QED) is 0.568. The maximum absolute atomic E-state index is 5.89. The van der Waals surface area contributed by atoms with Crippen LogP contribution < -0.4 is 0 Å². The summed E-state index contributed by atoms with van der Waals surface area (Å²) in [4.78, 5) is 4.26. The SMILES string of the molecule is c1ccc(-n2nc(C3CC3)cc2-c2nnc(-c3ccccn3)o2)cc1. The van der Waals surface area contributed by atoms with Crippen molar-refractivity contribution in [1.29, 1.82) is 0 Å². The molecule has 6 heteroatoms. The summed E-state index contributed by atoms with van der Waals surface area (Å²) < 4.78 is 7.76. The molecule has 0 N–H and O–H groups in total. The van der Waals surface area contributed by atoms with Crippen LogP contribution in [-0.4, -0.2) is 25.0 Å². The molecule has 4 aromatic rings. The Labute approximate surface area is 144 Å². The Kier molecular flexibility index (Phi) is 3.19. The molecule has 3 heterocycles. The van der Waals surface area contributed by atoms with E-state index in [2.05, 4.69) is 21.2 Å². The second kappa shape index (κ2) is 5.66. The number of para-hydroxylation sites is 1. The van der Waals surface area contributed by atoms with Gasteiger partial charge in [-0.2, -0.15) is 5.10 Å². The average Bonchev–Trinajstić information content (AvgIpc) is 3.24. The standard InChI is InChI=1S/C19H15N5O/c1-2-6-14(7-3-1)24-17(12-16(23-24)13-9-10-13)19-22-21-18(25-19)15-8-4-5-11-20-15/h1-8,11-13H,9-10H2. The fraction of sp³-hybridized carbons (Fsp3) is 0.158. The summed E-state index contributed by atoms with van der Waals surface area (Å²) in [5.74, 6) is 1.40. The molecule has 0 amide bonds. The molecule has 1 aliphatic rings. The molecule has 0 saturated heterocycles. The third-order valence-electron chi connectivity index (χ3n) is 4.25. The van der Waals surface area contributed by atoms with Crippen molar-refractivity contribution in [3.63, 3.8) is 0 Å². The second-order valence-electron chi connectivity index (χ2n) is 6.10. The van der Waals surface area contributed by atoms with E-state index < -0.39 is 0 Å². The van der Waals surface area contributed by atoms with Gasteiger partial charge in [0.05, 0.1) is 11.4 Å². The smallest absolute Gasteiger partial charge is 0.266 e. The maximum Gasteiger partial charge on any atom is 0.266 e. The summed E-state index contributed by atoms with van der Waals surface area (Å²) in [5, 5.41) is 13.1. The molecule has 0 bridgehead atoms. The predicted octanol–water partition coefficient (Wildman–Crippen LogP) is 3.86. The molecule has 0 aliphatic heterocycles. The molecule has 0 atom stereocenters. The van der Waals surface area contributed by atoms with E-state index in [-0.39, 0.29) is 0 Å². The molecule has 5 rings (SSSR count). The van der Waals surface area contributed by atoms with Crippen LogP contribution in [0.2, 0.25) is 0 Å². The van der Waals surface area contributed by atoms with Gasteiger partial charge in [0.15, 0.2) is 0 Å². The molecule has 1 aliphatic carbocycles. The highest BCUT2D eigenvalue weighted by atomic mass is 16.4. The number of nitrogens with zero attached hydrogens (tertiary/aromatic N) is 5. The molecule has 1 saturated carbocycles. The predicted molar refractivity (Wildman–Crippen MR) is 92.1 cm³/mol. The van der Waals surface area contributed by atoms with Gasteiger partial charge in [-0.3, -0.25) is 4.98 Å². The van der Waals surface area contributed by atoms with Gasteiger partial charge >= 0.3 is 0 Å². The van der Waals surface area contributed by atoms with Gasteiger partial charge in [-0.05, 0) is 43.2 Å². The van der Waals surface area contributed by atoms with Crippen molar-refractivity contribution in [3.05, 3.63) is 66.5 Å². The highest BCUT2D eigenvalue weighted by molar-refractivity contribution is 5.56. The zero-order chi connectivity index (χ0) is 16.6. The van der Waals surface area contributed by atoms with Crippen LogP contribution >= 0.6 is 0 Å². The Morgan fingerprint density at radius 1 is 0.920 bits per heavy atom. The van der Waals surface area contributed by atoms with Crippen LogP contribution in [0.15, 0.2) is 65.2 Å². The van der Waals surface area contributed by atoms with Crippen molar-refractivity contribution in [2.45, 2.75) is 18.8 Å². The minimum atomic E-state index is 0.407. The maximum atomic E-state index is 5.89. The van der Waals surface area contributed by atoms with E-state index >= 15 is 0 Å². The Morgan fingerprint density at radius 3 is 2.48 bits per heavy atom. The van der Waals surface area contributed by atoms with E-state index in [1.165, 1.54) is 12.8 Å². The van der Waals surface area contributed by atoms with Crippen LogP contribution in [0, 0.1) is 0 Å². The van der Waals surface area contributed by atoms with Gasteiger partial charge in [0.1, 0.15) is 11.4 Å².